The Morgan fingerprint density at radius 1 is 0.960 bits per heavy atom. The highest BCUT2D eigenvalue weighted by Crippen LogP contribution is 2.21. The van der Waals surface area contributed by atoms with Crippen molar-refractivity contribution in [2.45, 2.75) is 38.6 Å². The van der Waals surface area contributed by atoms with E-state index in [0.717, 1.165) is 13.0 Å². The van der Waals surface area contributed by atoms with Crippen molar-refractivity contribution < 1.29 is 9.59 Å². The molecule has 0 unspecified atom stereocenters. The topological polar surface area (TPSA) is 43.9 Å². The van der Waals surface area contributed by atoms with Crippen molar-refractivity contribution in [1.29, 1.82) is 0 Å². The zero-order valence-corrected chi connectivity index (χ0v) is 15.2. The summed E-state index contributed by atoms with van der Waals surface area (Å²) in [6.07, 6.45) is 4.61. The van der Waals surface area contributed by atoms with Crippen molar-refractivity contribution >= 4 is 11.8 Å². The van der Waals surface area contributed by atoms with Crippen molar-refractivity contribution in [1.82, 2.24) is 14.7 Å². The molecule has 2 aliphatic rings. The second-order valence-corrected chi connectivity index (χ2v) is 7.20. The largest absolute Gasteiger partial charge is 0.339 e. The van der Waals surface area contributed by atoms with Gasteiger partial charge in [0, 0.05) is 39.1 Å². The molecule has 0 N–H and O–H groups in total. The van der Waals surface area contributed by atoms with Gasteiger partial charge in [-0.2, -0.15) is 0 Å². The van der Waals surface area contributed by atoms with Gasteiger partial charge < -0.3 is 9.80 Å². The first-order valence-corrected chi connectivity index (χ1v) is 9.45. The number of piperidine rings is 1. The Bertz CT molecular complexity index is 582. The van der Waals surface area contributed by atoms with Crippen LogP contribution in [0.5, 0.6) is 0 Å². The normalized spacial score (nSPS) is 22.0. The fourth-order valence-corrected chi connectivity index (χ4v) is 3.93. The fraction of sp³-hybridized carbons (Fsp3) is 0.600. The van der Waals surface area contributed by atoms with Crippen molar-refractivity contribution in [3.63, 3.8) is 0 Å². The van der Waals surface area contributed by atoms with E-state index < -0.39 is 0 Å². The summed E-state index contributed by atoms with van der Waals surface area (Å²) in [5.41, 5.74) is 1.35. The molecule has 1 aromatic rings. The van der Waals surface area contributed by atoms with Gasteiger partial charge in [0.1, 0.15) is 0 Å². The SMILES string of the molecule is CC(=O)N1CCN(C(=O)CN2CCCC[C@@H]2Cc2ccccc2)CC1. The van der Waals surface area contributed by atoms with Gasteiger partial charge >= 0.3 is 0 Å². The summed E-state index contributed by atoms with van der Waals surface area (Å²) in [4.78, 5) is 30.3. The van der Waals surface area contributed by atoms with Crippen LogP contribution in [0, 0.1) is 0 Å². The molecule has 5 heteroatoms. The average Bonchev–Trinajstić information content (AvgIpc) is 2.64. The van der Waals surface area contributed by atoms with Crippen molar-refractivity contribution in [2.75, 3.05) is 39.3 Å². The van der Waals surface area contributed by atoms with Gasteiger partial charge in [0.25, 0.3) is 0 Å². The van der Waals surface area contributed by atoms with Gasteiger partial charge in [-0.3, -0.25) is 14.5 Å². The first-order valence-electron chi connectivity index (χ1n) is 9.45. The molecular formula is C20H29N3O2. The lowest BCUT2D eigenvalue weighted by Gasteiger charge is -2.39. The molecule has 0 bridgehead atoms. The smallest absolute Gasteiger partial charge is 0.236 e. The van der Waals surface area contributed by atoms with E-state index in [1.54, 1.807) is 6.92 Å². The van der Waals surface area contributed by atoms with E-state index in [0.29, 0.717) is 38.8 Å². The molecule has 1 aromatic carbocycles. The number of likely N-dealkylation sites (tertiary alicyclic amines) is 1. The third-order valence-corrected chi connectivity index (χ3v) is 5.48. The molecule has 0 radical (unpaired) electrons. The first kappa shape index (κ1) is 17.9. The van der Waals surface area contributed by atoms with E-state index in [9.17, 15) is 9.59 Å². The van der Waals surface area contributed by atoms with Gasteiger partial charge in [-0.25, -0.2) is 0 Å². The maximum absolute atomic E-state index is 12.7. The van der Waals surface area contributed by atoms with Crippen LogP contribution in [-0.4, -0.2) is 71.8 Å². The second-order valence-electron chi connectivity index (χ2n) is 7.20. The standard InChI is InChI=1S/C20H29N3O2/c1-17(24)21-11-13-22(14-12-21)20(25)16-23-10-6-5-9-19(23)15-18-7-3-2-4-8-18/h2-4,7-8,19H,5-6,9-16H2,1H3/t19-/m1/s1. The number of hydrogen-bond donors (Lipinski definition) is 0. The van der Waals surface area contributed by atoms with Crippen LogP contribution in [0.25, 0.3) is 0 Å². The summed E-state index contributed by atoms with van der Waals surface area (Å²) in [5.74, 6) is 0.314. The Labute approximate surface area is 150 Å². The monoisotopic (exact) mass is 343 g/mol. The van der Waals surface area contributed by atoms with Crippen LogP contribution in [0.15, 0.2) is 30.3 Å². The van der Waals surface area contributed by atoms with Gasteiger partial charge in [-0.1, -0.05) is 36.8 Å². The minimum Gasteiger partial charge on any atom is -0.339 e. The Balaban J connectivity index is 1.54. The zero-order chi connectivity index (χ0) is 17.6. The van der Waals surface area contributed by atoms with Crippen LogP contribution in [0.4, 0.5) is 0 Å². The van der Waals surface area contributed by atoms with Crippen molar-refractivity contribution in [2.24, 2.45) is 0 Å². The van der Waals surface area contributed by atoms with E-state index in [1.807, 2.05) is 15.9 Å². The molecule has 0 spiro atoms. The lowest BCUT2D eigenvalue weighted by Crippen LogP contribution is -2.53. The van der Waals surface area contributed by atoms with Gasteiger partial charge in [0.2, 0.25) is 11.8 Å². The molecule has 2 saturated heterocycles. The average molecular weight is 343 g/mol. The minimum absolute atomic E-state index is 0.103. The Kier molecular flexibility index (Phi) is 6.08. The Hall–Kier alpha value is -1.88. The molecule has 5 nitrogen and oxygen atoms in total. The quantitative estimate of drug-likeness (QED) is 0.837. The lowest BCUT2D eigenvalue weighted by atomic mass is 9.95. The lowest BCUT2D eigenvalue weighted by molar-refractivity contribution is -0.139. The summed E-state index contributed by atoms with van der Waals surface area (Å²) in [6, 6.07) is 11.0. The highest BCUT2D eigenvalue weighted by molar-refractivity contribution is 5.79. The Morgan fingerprint density at radius 3 is 2.32 bits per heavy atom. The summed E-state index contributed by atoms with van der Waals surface area (Å²) in [5, 5.41) is 0. The molecule has 0 aromatic heterocycles. The van der Waals surface area contributed by atoms with E-state index >= 15 is 0 Å². The summed E-state index contributed by atoms with van der Waals surface area (Å²) < 4.78 is 0. The van der Waals surface area contributed by atoms with Gasteiger partial charge in [-0.05, 0) is 31.4 Å². The van der Waals surface area contributed by atoms with Gasteiger partial charge in [0.05, 0.1) is 6.54 Å². The molecule has 0 saturated carbocycles. The number of piperazine rings is 1. The number of hydrogen-bond acceptors (Lipinski definition) is 3. The van der Waals surface area contributed by atoms with E-state index in [-0.39, 0.29) is 11.8 Å². The molecule has 3 rings (SSSR count). The first-order chi connectivity index (χ1) is 12.1. The second kappa shape index (κ2) is 8.48. The van der Waals surface area contributed by atoms with Crippen LogP contribution in [0.2, 0.25) is 0 Å². The molecule has 2 heterocycles. The number of carbonyl (C=O) groups is 2. The van der Waals surface area contributed by atoms with Crippen LogP contribution in [-0.2, 0) is 16.0 Å². The molecule has 25 heavy (non-hydrogen) atoms. The van der Waals surface area contributed by atoms with Crippen LogP contribution < -0.4 is 0 Å². The molecule has 2 aliphatic heterocycles. The number of nitrogens with zero attached hydrogens (tertiary/aromatic N) is 3. The highest BCUT2D eigenvalue weighted by Gasteiger charge is 2.28. The summed E-state index contributed by atoms with van der Waals surface area (Å²) in [7, 11) is 0. The summed E-state index contributed by atoms with van der Waals surface area (Å²) >= 11 is 0. The van der Waals surface area contributed by atoms with E-state index in [4.69, 9.17) is 0 Å². The van der Waals surface area contributed by atoms with Gasteiger partial charge in [-0.15, -0.1) is 0 Å². The zero-order valence-electron chi connectivity index (χ0n) is 15.2. The van der Waals surface area contributed by atoms with Crippen LogP contribution in [0.3, 0.4) is 0 Å². The van der Waals surface area contributed by atoms with Crippen molar-refractivity contribution in [3.8, 4) is 0 Å². The van der Waals surface area contributed by atoms with Crippen molar-refractivity contribution in [3.05, 3.63) is 35.9 Å². The van der Waals surface area contributed by atoms with E-state index in [1.165, 1.54) is 24.8 Å². The molecule has 2 fully saturated rings. The molecule has 1 atom stereocenters. The van der Waals surface area contributed by atoms with Gasteiger partial charge in [0.15, 0.2) is 0 Å². The minimum atomic E-state index is 0.103. The predicted molar refractivity (Wildman–Crippen MR) is 98.2 cm³/mol. The van der Waals surface area contributed by atoms with Crippen LogP contribution >= 0.6 is 0 Å². The summed E-state index contributed by atoms with van der Waals surface area (Å²) in [6.45, 7) is 5.77. The van der Waals surface area contributed by atoms with E-state index in [2.05, 4.69) is 29.2 Å². The highest BCUT2D eigenvalue weighted by atomic mass is 16.2. The number of carbonyl (C=O) groups excluding carboxylic acids is 2. The number of benzene rings is 1. The molecule has 136 valence electrons. The number of amides is 2. The molecule has 2 amide bonds. The molecular weight excluding hydrogens is 314 g/mol. The third-order valence-electron chi connectivity index (χ3n) is 5.48. The maximum atomic E-state index is 12.7. The molecule has 0 aliphatic carbocycles. The Morgan fingerprint density at radius 2 is 1.64 bits per heavy atom. The predicted octanol–water partition coefficient (Wildman–Crippen LogP) is 1.77. The fourth-order valence-electron chi connectivity index (χ4n) is 3.93. The third kappa shape index (κ3) is 4.82. The van der Waals surface area contributed by atoms with Crippen LogP contribution in [0.1, 0.15) is 31.7 Å². The maximum Gasteiger partial charge on any atom is 0.236 e. The number of rotatable bonds is 4.